The summed E-state index contributed by atoms with van der Waals surface area (Å²) in [6.07, 6.45) is 0. The summed E-state index contributed by atoms with van der Waals surface area (Å²) in [4.78, 5) is 22.1. The third-order valence-electron chi connectivity index (χ3n) is 2.15. The molecule has 17 heavy (non-hydrogen) atoms. The number of benzene rings is 1. The van der Waals surface area contributed by atoms with E-state index in [9.17, 15) is 14.0 Å². The number of carbonyl (C=O) groups is 2. The average Bonchev–Trinajstić information content (AvgIpc) is 2.28. The van der Waals surface area contributed by atoms with Gasteiger partial charge in [0.15, 0.2) is 11.6 Å². The third kappa shape index (κ3) is 2.93. The van der Waals surface area contributed by atoms with Gasteiger partial charge in [0, 0.05) is 0 Å². The molecule has 0 heterocycles. The van der Waals surface area contributed by atoms with Crippen molar-refractivity contribution >= 4 is 11.9 Å². The summed E-state index contributed by atoms with van der Waals surface area (Å²) in [5.41, 5.74) is -0.252. The second-order valence-electron chi connectivity index (χ2n) is 3.36. The quantitative estimate of drug-likeness (QED) is 0.825. The number of carbonyl (C=O) groups excluding carboxylic acids is 1. The summed E-state index contributed by atoms with van der Waals surface area (Å²) in [5.74, 6) is -2.87. The van der Waals surface area contributed by atoms with Crippen LogP contribution in [0.1, 0.15) is 17.3 Å². The minimum Gasteiger partial charge on any atom is -0.494 e. The van der Waals surface area contributed by atoms with Crippen molar-refractivity contribution in [1.82, 2.24) is 5.32 Å². The van der Waals surface area contributed by atoms with Gasteiger partial charge < -0.3 is 15.2 Å². The van der Waals surface area contributed by atoms with Crippen LogP contribution in [0.2, 0.25) is 0 Å². The lowest BCUT2D eigenvalue weighted by atomic mass is 10.1. The Hall–Kier alpha value is -2.11. The second kappa shape index (κ2) is 5.29. The van der Waals surface area contributed by atoms with Crippen LogP contribution in [0.5, 0.6) is 5.75 Å². The maximum Gasteiger partial charge on any atom is 0.325 e. The van der Waals surface area contributed by atoms with Crippen LogP contribution >= 0.6 is 0 Å². The first-order valence-corrected chi connectivity index (χ1v) is 4.83. The fourth-order valence-electron chi connectivity index (χ4n) is 1.18. The molecule has 1 aromatic carbocycles. The molecule has 0 radical (unpaired) electrons. The number of halogens is 1. The van der Waals surface area contributed by atoms with Gasteiger partial charge in [-0.3, -0.25) is 9.59 Å². The molecule has 1 atom stereocenters. The Morgan fingerprint density at radius 3 is 2.65 bits per heavy atom. The van der Waals surface area contributed by atoms with Crippen molar-refractivity contribution in [1.29, 1.82) is 0 Å². The van der Waals surface area contributed by atoms with Gasteiger partial charge in [0.05, 0.1) is 12.7 Å². The van der Waals surface area contributed by atoms with Gasteiger partial charge in [-0.1, -0.05) is 6.07 Å². The van der Waals surface area contributed by atoms with Crippen LogP contribution in [0.15, 0.2) is 18.2 Å². The van der Waals surface area contributed by atoms with E-state index in [1.54, 1.807) is 0 Å². The van der Waals surface area contributed by atoms with Crippen molar-refractivity contribution in [3.8, 4) is 5.75 Å². The van der Waals surface area contributed by atoms with Gasteiger partial charge in [-0.05, 0) is 19.1 Å². The summed E-state index contributed by atoms with van der Waals surface area (Å²) in [5, 5.41) is 10.8. The zero-order chi connectivity index (χ0) is 13.0. The number of ether oxygens (including phenoxy) is 1. The maximum atomic E-state index is 13.6. The smallest absolute Gasteiger partial charge is 0.325 e. The molecule has 1 rings (SSSR count). The van der Waals surface area contributed by atoms with Gasteiger partial charge >= 0.3 is 5.97 Å². The minimum absolute atomic E-state index is 0.0689. The number of carboxylic acid groups (broad SMARTS) is 1. The van der Waals surface area contributed by atoms with E-state index in [0.29, 0.717) is 0 Å². The Morgan fingerprint density at radius 1 is 1.47 bits per heavy atom. The van der Waals surface area contributed by atoms with Gasteiger partial charge in [-0.25, -0.2) is 4.39 Å². The molecule has 0 saturated carbocycles. The van der Waals surface area contributed by atoms with Gasteiger partial charge in [0.25, 0.3) is 5.91 Å². The van der Waals surface area contributed by atoms with Crippen LogP contribution in [0.4, 0.5) is 4.39 Å². The molecule has 0 spiro atoms. The molecule has 6 heteroatoms. The van der Waals surface area contributed by atoms with Crippen LogP contribution in [-0.2, 0) is 4.79 Å². The topological polar surface area (TPSA) is 75.6 Å². The minimum atomic E-state index is -1.19. The fourth-order valence-corrected chi connectivity index (χ4v) is 1.18. The van der Waals surface area contributed by atoms with E-state index in [1.165, 1.54) is 32.2 Å². The molecule has 5 nitrogen and oxygen atoms in total. The number of rotatable bonds is 4. The molecule has 0 saturated heterocycles. The highest BCUT2D eigenvalue weighted by molar-refractivity contribution is 5.97. The van der Waals surface area contributed by atoms with Crippen molar-refractivity contribution in [2.24, 2.45) is 0 Å². The van der Waals surface area contributed by atoms with E-state index in [-0.39, 0.29) is 11.3 Å². The largest absolute Gasteiger partial charge is 0.494 e. The predicted molar refractivity (Wildman–Crippen MR) is 57.5 cm³/mol. The SMILES string of the molecule is COc1cccc(C(=O)N[C@H](C)C(=O)O)c1F. The van der Waals surface area contributed by atoms with Crippen molar-refractivity contribution in [2.45, 2.75) is 13.0 Å². The molecule has 0 aliphatic carbocycles. The van der Waals surface area contributed by atoms with E-state index in [2.05, 4.69) is 5.32 Å². The van der Waals surface area contributed by atoms with E-state index >= 15 is 0 Å². The Kier molecular flexibility index (Phi) is 4.03. The standard InChI is InChI=1S/C11H12FNO4/c1-6(11(15)16)13-10(14)7-4-3-5-8(17-2)9(7)12/h3-6H,1-2H3,(H,13,14)(H,15,16)/t6-/m1/s1. The first-order chi connectivity index (χ1) is 7.97. The summed E-state index contributed by atoms with van der Waals surface area (Å²) in [6, 6.07) is 2.98. The Morgan fingerprint density at radius 2 is 2.12 bits per heavy atom. The lowest BCUT2D eigenvalue weighted by molar-refractivity contribution is -0.138. The zero-order valence-electron chi connectivity index (χ0n) is 9.36. The summed E-state index contributed by atoms with van der Waals surface area (Å²) < 4.78 is 18.4. The van der Waals surface area contributed by atoms with Gasteiger partial charge in [-0.15, -0.1) is 0 Å². The molecule has 1 aromatic rings. The lowest BCUT2D eigenvalue weighted by Gasteiger charge is -2.11. The monoisotopic (exact) mass is 241 g/mol. The lowest BCUT2D eigenvalue weighted by Crippen LogP contribution is -2.38. The van der Waals surface area contributed by atoms with Gasteiger partial charge in [0.1, 0.15) is 6.04 Å². The Labute approximate surface area is 97.2 Å². The van der Waals surface area contributed by atoms with Gasteiger partial charge in [-0.2, -0.15) is 0 Å². The summed E-state index contributed by atoms with van der Waals surface area (Å²) >= 11 is 0. The summed E-state index contributed by atoms with van der Waals surface area (Å²) in [7, 11) is 1.28. The fraction of sp³-hybridized carbons (Fsp3) is 0.273. The van der Waals surface area contributed by atoms with E-state index in [0.717, 1.165) is 0 Å². The highest BCUT2D eigenvalue weighted by atomic mass is 19.1. The predicted octanol–water partition coefficient (Wildman–Crippen LogP) is 1.04. The highest BCUT2D eigenvalue weighted by Gasteiger charge is 2.19. The van der Waals surface area contributed by atoms with Gasteiger partial charge in [0.2, 0.25) is 0 Å². The molecule has 1 amide bonds. The number of carboxylic acids is 1. The first kappa shape index (κ1) is 13.0. The number of hydrogen-bond donors (Lipinski definition) is 2. The van der Waals surface area contributed by atoms with Crippen molar-refractivity contribution in [2.75, 3.05) is 7.11 Å². The third-order valence-corrected chi connectivity index (χ3v) is 2.15. The maximum absolute atomic E-state index is 13.6. The van der Waals surface area contributed by atoms with Crippen LogP contribution in [-0.4, -0.2) is 30.1 Å². The molecule has 0 fully saturated rings. The second-order valence-corrected chi connectivity index (χ2v) is 3.36. The number of hydrogen-bond acceptors (Lipinski definition) is 3. The normalized spacial score (nSPS) is 11.7. The average molecular weight is 241 g/mol. The van der Waals surface area contributed by atoms with E-state index in [1.807, 2.05) is 0 Å². The molecule has 0 bridgehead atoms. The van der Waals surface area contributed by atoms with Crippen LogP contribution in [0.25, 0.3) is 0 Å². The molecular weight excluding hydrogens is 229 g/mol. The van der Waals surface area contributed by atoms with Crippen LogP contribution in [0, 0.1) is 5.82 Å². The van der Waals surface area contributed by atoms with E-state index in [4.69, 9.17) is 9.84 Å². The van der Waals surface area contributed by atoms with Crippen LogP contribution in [0.3, 0.4) is 0 Å². The number of aliphatic carboxylic acids is 1. The van der Waals surface area contributed by atoms with Crippen molar-refractivity contribution in [3.05, 3.63) is 29.6 Å². The van der Waals surface area contributed by atoms with Crippen molar-refractivity contribution in [3.63, 3.8) is 0 Å². The van der Waals surface area contributed by atoms with Crippen LogP contribution < -0.4 is 10.1 Å². The molecule has 92 valence electrons. The molecule has 0 aromatic heterocycles. The Balaban J connectivity index is 2.93. The number of methoxy groups -OCH3 is 1. The number of nitrogens with one attached hydrogen (secondary N) is 1. The molecule has 0 aliphatic rings. The number of amides is 1. The molecule has 0 aliphatic heterocycles. The zero-order valence-corrected chi connectivity index (χ0v) is 9.36. The molecular formula is C11H12FNO4. The first-order valence-electron chi connectivity index (χ1n) is 4.83. The van der Waals surface area contributed by atoms with E-state index < -0.39 is 23.7 Å². The summed E-state index contributed by atoms with van der Waals surface area (Å²) in [6.45, 7) is 1.29. The molecule has 2 N–H and O–H groups in total. The van der Waals surface area contributed by atoms with Crippen molar-refractivity contribution < 1.29 is 23.8 Å². The highest BCUT2D eigenvalue weighted by Crippen LogP contribution is 2.19. The Bertz CT molecular complexity index is 447. The molecule has 0 unspecified atom stereocenters.